The first-order valence-electron chi connectivity index (χ1n) is 14.1. The van der Waals surface area contributed by atoms with Gasteiger partial charge in [-0.05, 0) is 68.8 Å². The number of aromatic nitrogens is 3. The molecule has 3 fully saturated rings. The van der Waals surface area contributed by atoms with Gasteiger partial charge in [-0.3, -0.25) is 4.98 Å². The van der Waals surface area contributed by atoms with Crippen molar-refractivity contribution in [2.75, 3.05) is 49.6 Å². The molecule has 0 bridgehead atoms. The quantitative estimate of drug-likeness (QED) is 0.360. The predicted octanol–water partition coefficient (Wildman–Crippen LogP) is 5.60. The molecule has 5 heterocycles. The Morgan fingerprint density at radius 3 is 2.62 bits per heavy atom. The van der Waals surface area contributed by atoms with Gasteiger partial charge in [0.05, 0.1) is 5.39 Å². The van der Waals surface area contributed by atoms with Gasteiger partial charge in [0.2, 0.25) is 5.95 Å². The summed E-state index contributed by atoms with van der Waals surface area (Å²) in [5.41, 5.74) is 0.725. The summed E-state index contributed by atoms with van der Waals surface area (Å²) in [6.07, 6.45) is 7.44. The molecule has 9 heteroatoms. The van der Waals surface area contributed by atoms with E-state index in [9.17, 15) is 9.50 Å². The van der Waals surface area contributed by atoms with Crippen LogP contribution in [0.4, 0.5) is 20.5 Å². The number of phenols is 1. The average molecular weight is 543 g/mol. The first-order valence-corrected chi connectivity index (χ1v) is 14.1. The molecule has 206 valence electrons. The van der Waals surface area contributed by atoms with Crippen LogP contribution in [-0.4, -0.2) is 70.8 Å². The zero-order valence-corrected chi connectivity index (χ0v) is 22.6. The molecule has 3 aliphatic heterocycles. The summed E-state index contributed by atoms with van der Waals surface area (Å²) in [5.74, 6) is 0.647. The number of pyridine rings is 1. The number of likely N-dealkylation sites (tertiary alicyclic amines) is 1. The third-order valence-corrected chi connectivity index (χ3v) is 8.96. The monoisotopic (exact) mass is 542 g/mol. The number of benzene rings is 2. The molecule has 0 radical (unpaired) electrons. The highest BCUT2D eigenvalue weighted by atomic mass is 19.1. The summed E-state index contributed by atoms with van der Waals surface area (Å²) in [6.45, 7) is 8.22. The second kappa shape index (κ2) is 9.66. The van der Waals surface area contributed by atoms with Gasteiger partial charge in [-0.25, -0.2) is 13.8 Å². The number of piperidine rings is 1. The summed E-state index contributed by atoms with van der Waals surface area (Å²) in [7, 11) is 2.16. The van der Waals surface area contributed by atoms with Gasteiger partial charge in [0, 0.05) is 54.9 Å². The lowest BCUT2D eigenvalue weighted by atomic mass is 9.95. The summed E-state index contributed by atoms with van der Waals surface area (Å²) in [4.78, 5) is 21.2. The molecule has 2 aromatic heterocycles. The van der Waals surface area contributed by atoms with Crippen molar-refractivity contribution in [2.45, 2.75) is 31.7 Å². The number of hydrogen-bond donors (Lipinski definition) is 1. The van der Waals surface area contributed by atoms with Gasteiger partial charge in [-0.15, -0.1) is 0 Å². The molecule has 4 aromatic rings. The van der Waals surface area contributed by atoms with Crippen molar-refractivity contribution in [1.29, 1.82) is 0 Å². The molecule has 0 aliphatic carbocycles. The van der Waals surface area contributed by atoms with E-state index in [0.717, 1.165) is 58.4 Å². The number of aromatic hydroxyl groups is 1. The SMILES string of the molecule is C=Cc1c(F)ccc2cc(O)cc(-c3ncc4c(N5CCCCC5)nc(N5C[C@@H]6CCN(C)[C@@H]6C5)nc4c3F)c12. The first kappa shape index (κ1) is 25.1. The van der Waals surface area contributed by atoms with Crippen molar-refractivity contribution < 1.29 is 13.9 Å². The smallest absolute Gasteiger partial charge is 0.228 e. The van der Waals surface area contributed by atoms with Gasteiger partial charge >= 0.3 is 0 Å². The van der Waals surface area contributed by atoms with Gasteiger partial charge in [0.25, 0.3) is 0 Å². The summed E-state index contributed by atoms with van der Waals surface area (Å²) < 4.78 is 31.5. The molecular formula is C31H32F2N6O. The van der Waals surface area contributed by atoms with Crippen LogP contribution in [0.1, 0.15) is 31.2 Å². The molecule has 2 aromatic carbocycles. The minimum Gasteiger partial charge on any atom is -0.508 e. The van der Waals surface area contributed by atoms with Crippen LogP contribution >= 0.6 is 0 Å². The average Bonchev–Trinajstić information content (AvgIpc) is 3.55. The maximum atomic E-state index is 16.7. The maximum Gasteiger partial charge on any atom is 0.228 e. The second-order valence-corrected chi connectivity index (χ2v) is 11.3. The van der Waals surface area contributed by atoms with Crippen LogP contribution in [0.5, 0.6) is 5.75 Å². The minimum atomic E-state index is -0.609. The standard InChI is InChI=1S/C31H32F2N6O/c1-3-21-24(32)8-7-18-13-20(40)14-22(26(18)21)28-27(33)29-23(15-34-28)30(38-10-5-4-6-11-38)36-31(35-29)39-16-19-9-12-37(2)25(19)17-39/h3,7-8,13-15,19,25,40H,1,4-6,9-12,16-17H2,2H3/t19-,25+/m0/s1. The molecule has 3 aliphatic rings. The summed E-state index contributed by atoms with van der Waals surface area (Å²) in [5, 5.41) is 12.1. The Balaban J connectivity index is 1.44. The third kappa shape index (κ3) is 3.98. The molecular weight excluding hydrogens is 510 g/mol. The predicted molar refractivity (Wildman–Crippen MR) is 155 cm³/mol. The van der Waals surface area contributed by atoms with E-state index in [2.05, 4.69) is 33.3 Å². The van der Waals surface area contributed by atoms with Crippen molar-refractivity contribution in [1.82, 2.24) is 19.9 Å². The van der Waals surface area contributed by atoms with Crippen molar-refractivity contribution >= 4 is 39.5 Å². The van der Waals surface area contributed by atoms with Crippen LogP contribution in [0.3, 0.4) is 0 Å². The van der Waals surface area contributed by atoms with Crippen LogP contribution in [0.2, 0.25) is 0 Å². The summed E-state index contributed by atoms with van der Waals surface area (Å²) in [6, 6.07) is 6.29. The number of nitrogens with zero attached hydrogens (tertiary/aromatic N) is 6. The maximum absolute atomic E-state index is 16.7. The number of anilines is 2. The molecule has 1 N–H and O–H groups in total. The molecule has 3 saturated heterocycles. The topological polar surface area (TPSA) is 68.6 Å². The summed E-state index contributed by atoms with van der Waals surface area (Å²) >= 11 is 0. The minimum absolute atomic E-state index is 0.00867. The largest absolute Gasteiger partial charge is 0.508 e. The Bertz CT molecular complexity index is 1650. The zero-order chi connectivity index (χ0) is 27.5. The van der Waals surface area contributed by atoms with E-state index in [0.29, 0.717) is 45.4 Å². The lowest BCUT2D eigenvalue weighted by molar-refractivity contribution is 0.310. The van der Waals surface area contributed by atoms with Crippen LogP contribution in [0, 0.1) is 17.6 Å². The van der Waals surface area contributed by atoms with Crippen molar-refractivity contribution in [3.8, 4) is 17.0 Å². The fourth-order valence-electron chi connectivity index (χ4n) is 6.88. The number of hydrogen-bond acceptors (Lipinski definition) is 7. The Morgan fingerprint density at radius 1 is 1.02 bits per heavy atom. The normalized spacial score (nSPS) is 21.5. The fraction of sp³-hybridized carbons (Fsp3) is 0.387. The van der Waals surface area contributed by atoms with E-state index in [1.807, 2.05) is 0 Å². The van der Waals surface area contributed by atoms with Crippen molar-refractivity contribution in [2.24, 2.45) is 5.92 Å². The molecule has 0 unspecified atom stereocenters. The van der Waals surface area contributed by atoms with Crippen LogP contribution in [-0.2, 0) is 0 Å². The van der Waals surface area contributed by atoms with Crippen LogP contribution in [0.15, 0.2) is 37.0 Å². The van der Waals surface area contributed by atoms with E-state index in [1.54, 1.807) is 12.3 Å². The highest BCUT2D eigenvalue weighted by Crippen LogP contribution is 2.40. The highest BCUT2D eigenvalue weighted by molar-refractivity contribution is 6.04. The van der Waals surface area contributed by atoms with Gasteiger partial charge < -0.3 is 19.8 Å². The Hall–Kier alpha value is -3.85. The number of rotatable bonds is 4. The molecule has 2 atom stereocenters. The van der Waals surface area contributed by atoms with Crippen molar-refractivity contribution in [3.63, 3.8) is 0 Å². The molecule has 40 heavy (non-hydrogen) atoms. The Kier molecular flexibility index (Phi) is 6.07. The number of phenolic OH excluding ortho intramolecular Hbond substituents is 1. The van der Waals surface area contributed by atoms with E-state index >= 15 is 4.39 Å². The number of fused-ring (bicyclic) bond motifs is 3. The van der Waals surface area contributed by atoms with Crippen LogP contribution in [0.25, 0.3) is 39.0 Å². The molecule has 0 amide bonds. The Morgan fingerprint density at radius 2 is 1.85 bits per heavy atom. The Labute approximate surface area is 231 Å². The molecule has 0 saturated carbocycles. The highest BCUT2D eigenvalue weighted by Gasteiger charge is 2.41. The lowest BCUT2D eigenvalue weighted by Gasteiger charge is -2.30. The van der Waals surface area contributed by atoms with Gasteiger partial charge in [-0.2, -0.15) is 4.98 Å². The number of likely N-dealkylation sites (N-methyl/N-ethyl adjacent to an activating group) is 1. The third-order valence-electron chi connectivity index (χ3n) is 8.96. The van der Waals surface area contributed by atoms with Gasteiger partial charge in [0.1, 0.15) is 28.6 Å². The fourth-order valence-corrected chi connectivity index (χ4v) is 6.88. The second-order valence-electron chi connectivity index (χ2n) is 11.3. The van der Waals surface area contributed by atoms with E-state index in [4.69, 9.17) is 9.97 Å². The first-order chi connectivity index (χ1) is 19.4. The lowest BCUT2D eigenvalue weighted by Crippen LogP contribution is -2.34. The molecule has 7 rings (SSSR count). The van der Waals surface area contributed by atoms with E-state index in [-0.39, 0.29) is 22.5 Å². The molecule has 0 spiro atoms. The van der Waals surface area contributed by atoms with E-state index < -0.39 is 11.6 Å². The van der Waals surface area contributed by atoms with E-state index in [1.165, 1.54) is 24.3 Å². The zero-order valence-electron chi connectivity index (χ0n) is 22.6. The van der Waals surface area contributed by atoms with Crippen molar-refractivity contribution in [3.05, 3.63) is 54.2 Å². The number of halogens is 2. The molecule has 7 nitrogen and oxygen atoms in total. The van der Waals surface area contributed by atoms with Crippen LogP contribution < -0.4 is 9.80 Å². The van der Waals surface area contributed by atoms with Gasteiger partial charge in [0.15, 0.2) is 5.82 Å². The van der Waals surface area contributed by atoms with Gasteiger partial charge in [-0.1, -0.05) is 18.7 Å².